The van der Waals surface area contributed by atoms with Gasteiger partial charge in [0, 0.05) is 68.3 Å². The zero-order chi connectivity index (χ0) is 42.2. The van der Waals surface area contributed by atoms with Gasteiger partial charge in [0.25, 0.3) is 23.6 Å². The van der Waals surface area contributed by atoms with Crippen molar-refractivity contribution in [2.45, 2.75) is 69.8 Å². The maximum Gasteiger partial charge on any atom is 0.262 e. The Balaban J connectivity index is 0.733. The third-order valence-electron chi connectivity index (χ3n) is 12.8. The number of benzene rings is 3. The molecular weight excluding hydrogens is 779 g/mol. The van der Waals surface area contributed by atoms with Crippen LogP contribution in [0.15, 0.2) is 72.8 Å². The van der Waals surface area contributed by atoms with Crippen LogP contribution >= 0.6 is 0 Å². The molecule has 0 bridgehead atoms. The number of piperidine rings is 3. The van der Waals surface area contributed by atoms with Gasteiger partial charge in [-0.2, -0.15) is 5.10 Å². The van der Waals surface area contributed by atoms with Crippen molar-refractivity contribution in [1.29, 1.82) is 0 Å². The molecule has 5 aliphatic heterocycles. The van der Waals surface area contributed by atoms with Crippen LogP contribution in [0.3, 0.4) is 0 Å². The molecule has 6 heterocycles. The molecule has 6 amide bonds. The molecule has 4 aromatic rings. The predicted molar refractivity (Wildman–Crippen MR) is 225 cm³/mol. The number of H-pyrrole nitrogens is 1. The number of nitrogens with one attached hydrogen (secondary N) is 4. The smallest absolute Gasteiger partial charge is 0.262 e. The molecule has 3 saturated heterocycles. The number of hydrogen-bond donors (Lipinski definition) is 4. The Morgan fingerprint density at radius 2 is 1.61 bits per heavy atom. The summed E-state index contributed by atoms with van der Waals surface area (Å²) < 4.78 is 5.56. The van der Waals surface area contributed by atoms with Gasteiger partial charge in [-0.05, 0) is 92.6 Å². The van der Waals surface area contributed by atoms with Crippen LogP contribution in [0.4, 0.5) is 17.2 Å². The fourth-order valence-electron chi connectivity index (χ4n) is 9.34. The average molecular weight is 828 g/mol. The van der Waals surface area contributed by atoms with Crippen LogP contribution in [0.5, 0.6) is 0 Å². The molecule has 16 nitrogen and oxygen atoms in total. The van der Waals surface area contributed by atoms with Gasteiger partial charge in [0.15, 0.2) is 11.9 Å². The lowest BCUT2D eigenvalue weighted by molar-refractivity contribution is -0.143. The highest BCUT2D eigenvalue weighted by Crippen LogP contribution is 2.33. The first-order valence-electron chi connectivity index (χ1n) is 21.1. The molecule has 3 aromatic carbocycles. The Bertz CT molecular complexity index is 2360. The van der Waals surface area contributed by atoms with Crippen molar-refractivity contribution in [3.8, 4) is 0 Å². The minimum atomic E-state index is -0.983. The topological polar surface area (TPSA) is 189 Å². The Labute approximate surface area is 353 Å². The Morgan fingerprint density at radius 3 is 2.36 bits per heavy atom. The number of aromatic nitrogens is 2. The second kappa shape index (κ2) is 16.9. The molecule has 1 unspecified atom stereocenters. The van der Waals surface area contributed by atoms with Gasteiger partial charge in [0.05, 0.1) is 29.9 Å². The average Bonchev–Trinajstić information content (AvgIpc) is 3.95. The SMILES string of the molecule is CO[C@@H](C(=O)N1Cc2[nH]nc(NC(=O)c3ccc(N4CCC(CN[C@@H]5CCCN(c6ccc7c(c6)C(=O)N(C6CCC(=O)NC6=O)C7=O)C5)CC4)cc3)c2C1)c1ccccc1. The molecule has 1 aromatic heterocycles. The van der Waals surface area contributed by atoms with Gasteiger partial charge in [-0.25, -0.2) is 0 Å². The molecule has 61 heavy (non-hydrogen) atoms. The van der Waals surface area contributed by atoms with Crippen molar-refractivity contribution in [2.75, 3.05) is 55.0 Å². The van der Waals surface area contributed by atoms with E-state index in [4.69, 9.17) is 4.74 Å². The summed E-state index contributed by atoms with van der Waals surface area (Å²) in [5.41, 5.74) is 5.41. The lowest BCUT2D eigenvalue weighted by Gasteiger charge is -2.37. The molecule has 3 atom stereocenters. The number of carbonyl (C=O) groups excluding carboxylic acids is 6. The van der Waals surface area contributed by atoms with E-state index in [0.29, 0.717) is 36.0 Å². The number of rotatable bonds is 11. The van der Waals surface area contributed by atoms with E-state index in [1.54, 1.807) is 17.0 Å². The summed E-state index contributed by atoms with van der Waals surface area (Å²) in [5, 5.41) is 16.3. The maximum absolute atomic E-state index is 13.4. The quantitative estimate of drug-likeness (QED) is 0.161. The first kappa shape index (κ1) is 40.0. The number of hydrogen-bond acceptors (Lipinski definition) is 11. The maximum atomic E-state index is 13.4. The number of methoxy groups -OCH3 is 1. The van der Waals surface area contributed by atoms with Gasteiger partial charge in [0.2, 0.25) is 11.8 Å². The standard InChI is InChI=1S/C45H49N9O7/c1-61-39(28-6-3-2-4-7-28)45(60)53-25-35-36(26-53)49-50-40(35)48-41(56)29-9-11-31(12-10-29)51-20-17-27(18-21-51)23-46-30-8-5-19-52(24-30)32-13-14-33-34(22-32)44(59)54(43(33)58)37-15-16-38(55)47-42(37)57/h2-4,6-7,9-14,22,27,30,37,39,46H,5,8,15-21,23-26H2,1H3,(H,47,55,57)(H2,48,49,50,56)/t30-,37?,39-/m1/s1. The summed E-state index contributed by atoms with van der Waals surface area (Å²) >= 11 is 0. The number of anilines is 3. The lowest BCUT2D eigenvalue weighted by atomic mass is 9.95. The summed E-state index contributed by atoms with van der Waals surface area (Å²) in [4.78, 5) is 84.7. The Kier molecular flexibility index (Phi) is 11.1. The van der Waals surface area contributed by atoms with Crippen LogP contribution < -0.4 is 25.8 Å². The van der Waals surface area contributed by atoms with Crippen LogP contribution in [-0.4, -0.2) is 107 Å². The van der Waals surface area contributed by atoms with Crippen molar-refractivity contribution in [1.82, 2.24) is 30.6 Å². The lowest BCUT2D eigenvalue weighted by Crippen LogP contribution is -2.54. The largest absolute Gasteiger partial charge is 0.372 e. The van der Waals surface area contributed by atoms with E-state index in [2.05, 4.69) is 35.9 Å². The zero-order valence-electron chi connectivity index (χ0n) is 34.0. The summed E-state index contributed by atoms with van der Waals surface area (Å²) in [6.07, 6.45) is 3.61. The molecule has 9 rings (SSSR count). The molecular formula is C45H49N9O7. The second-order valence-electron chi connectivity index (χ2n) is 16.6. The monoisotopic (exact) mass is 827 g/mol. The van der Waals surface area contributed by atoms with Gasteiger partial charge in [-0.1, -0.05) is 30.3 Å². The summed E-state index contributed by atoms with van der Waals surface area (Å²) in [5.74, 6) is -1.48. The number of fused-ring (bicyclic) bond motifs is 2. The van der Waals surface area contributed by atoms with E-state index in [1.165, 1.54) is 7.11 Å². The van der Waals surface area contributed by atoms with E-state index < -0.39 is 35.8 Å². The third-order valence-corrected chi connectivity index (χ3v) is 12.8. The summed E-state index contributed by atoms with van der Waals surface area (Å²) in [6.45, 7) is 5.02. The first-order chi connectivity index (χ1) is 29.6. The molecule has 3 fully saturated rings. The highest BCUT2D eigenvalue weighted by molar-refractivity contribution is 6.23. The minimum Gasteiger partial charge on any atom is -0.372 e. The third kappa shape index (κ3) is 8.00. The van der Waals surface area contributed by atoms with E-state index in [-0.39, 0.29) is 36.3 Å². The Morgan fingerprint density at radius 1 is 0.852 bits per heavy atom. The summed E-state index contributed by atoms with van der Waals surface area (Å²) in [6, 6.07) is 21.7. The van der Waals surface area contributed by atoms with Crippen molar-refractivity contribution in [3.05, 3.63) is 106 Å². The number of nitrogens with zero attached hydrogens (tertiary/aromatic N) is 5. The number of amides is 6. The highest BCUT2D eigenvalue weighted by Gasteiger charge is 2.45. The van der Waals surface area contributed by atoms with Crippen LogP contribution in [0.1, 0.15) is 92.5 Å². The van der Waals surface area contributed by atoms with E-state index in [9.17, 15) is 28.8 Å². The van der Waals surface area contributed by atoms with Crippen LogP contribution in [0.2, 0.25) is 0 Å². The fraction of sp³-hybridized carbons (Fsp3) is 0.400. The second-order valence-corrected chi connectivity index (χ2v) is 16.6. The van der Waals surface area contributed by atoms with Crippen molar-refractivity contribution >= 4 is 52.6 Å². The van der Waals surface area contributed by atoms with Gasteiger partial charge in [-0.3, -0.25) is 44.1 Å². The first-order valence-corrected chi connectivity index (χ1v) is 21.1. The van der Waals surface area contributed by atoms with Crippen molar-refractivity contribution < 1.29 is 33.5 Å². The number of carbonyl (C=O) groups is 6. The molecule has 0 spiro atoms. The Hall–Kier alpha value is -6.39. The van der Waals surface area contributed by atoms with Crippen LogP contribution in [0, 0.1) is 5.92 Å². The molecule has 4 N–H and O–H groups in total. The molecule has 0 aliphatic carbocycles. The summed E-state index contributed by atoms with van der Waals surface area (Å²) in [7, 11) is 1.52. The predicted octanol–water partition coefficient (Wildman–Crippen LogP) is 3.77. The van der Waals surface area contributed by atoms with Gasteiger partial charge in [0.1, 0.15) is 6.04 Å². The number of ether oxygens (including phenoxy) is 1. The number of aromatic amines is 1. The van der Waals surface area contributed by atoms with Gasteiger partial charge >= 0.3 is 0 Å². The fourth-order valence-corrected chi connectivity index (χ4v) is 9.34. The number of imide groups is 2. The molecule has 0 saturated carbocycles. The van der Waals surface area contributed by atoms with Crippen LogP contribution in [-0.2, 0) is 32.2 Å². The molecule has 5 aliphatic rings. The normalized spacial score (nSPS) is 21.1. The minimum absolute atomic E-state index is 0.0853. The van der Waals surface area contributed by atoms with Gasteiger partial charge < -0.3 is 30.1 Å². The van der Waals surface area contributed by atoms with Crippen molar-refractivity contribution in [2.24, 2.45) is 5.92 Å². The van der Waals surface area contributed by atoms with E-state index in [1.807, 2.05) is 60.7 Å². The molecule has 0 radical (unpaired) electrons. The highest BCUT2D eigenvalue weighted by atomic mass is 16.5. The van der Waals surface area contributed by atoms with E-state index >= 15 is 0 Å². The molecule has 316 valence electrons. The van der Waals surface area contributed by atoms with Crippen molar-refractivity contribution in [3.63, 3.8) is 0 Å². The zero-order valence-corrected chi connectivity index (χ0v) is 34.0. The van der Waals surface area contributed by atoms with E-state index in [0.717, 1.165) is 91.5 Å². The van der Waals surface area contributed by atoms with Gasteiger partial charge in [-0.15, -0.1) is 0 Å². The van der Waals surface area contributed by atoms with Crippen LogP contribution in [0.25, 0.3) is 0 Å². The molecule has 16 heteroatoms.